The fourth-order valence-electron chi connectivity index (χ4n) is 1.63. The molecule has 0 unspecified atom stereocenters. The molecule has 0 spiro atoms. The molecule has 1 heterocycles. The van der Waals surface area contributed by atoms with Crippen LogP contribution in [0.1, 0.15) is 16.6 Å². The molecule has 104 valence electrons. The smallest absolute Gasteiger partial charge is 0.380 e. The number of hydrogen-bond donors (Lipinski definition) is 1. The summed E-state index contributed by atoms with van der Waals surface area (Å²) in [7, 11) is 0. The number of carbonyl (C=O) groups excluding carboxylic acids is 2. The Kier molecular flexibility index (Phi) is 4.42. The number of nitrogens with two attached hydrogens (primary N) is 1. The van der Waals surface area contributed by atoms with E-state index in [9.17, 15) is 9.59 Å². The highest BCUT2D eigenvalue weighted by Gasteiger charge is 2.23. The maximum atomic E-state index is 11.9. The largest absolute Gasteiger partial charge is 0.460 e. The molecule has 6 heteroatoms. The molecule has 1 aromatic carbocycles. The van der Waals surface area contributed by atoms with E-state index >= 15 is 0 Å². The van der Waals surface area contributed by atoms with Gasteiger partial charge in [0.25, 0.3) is 5.78 Å². The molecular weight excluding hydrogens is 298 g/mol. The van der Waals surface area contributed by atoms with Crippen LogP contribution in [0.4, 0.5) is 5.69 Å². The van der Waals surface area contributed by atoms with Crippen molar-refractivity contribution in [1.29, 1.82) is 0 Å². The first kappa shape index (κ1) is 14.6. The maximum Gasteiger partial charge on any atom is 0.380 e. The highest BCUT2D eigenvalue weighted by molar-refractivity contribution is 7.18. The third-order valence-electron chi connectivity index (χ3n) is 2.56. The van der Waals surface area contributed by atoms with E-state index in [4.69, 9.17) is 17.3 Å². The van der Waals surface area contributed by atoms with E-state index in [0.717, 1.165) is 21.8 Å². The van der Waals surface area contributed by atoms with Crippen LogP contribution in [-0.4, -0.2) is 18.4 Å². The summed E-state index contributed by atoms with van der Waals surface area (Å²) >= 11 is 6.99. The van der Waals surface area contributed by atoms with Gasteiger partial charge in [-0.25, -0.2) is 4.79 Å². The van der Waals surface area contributed by atoms with E-state index in [2.05, 4.69) is 4.74 Å². The van der Waals surface area contributed by atoms with Crippen LogP contribution in [0.2, 0.25) is 5.02 Å². The number of Topliss-reactive ketones (excluding diaryl/α,β-unsaturated/α-hetero) is 1. The van der Waals surface area contributed by atoms with Crippen LogP contribution in [0.5, 0.6) is 0 Å². The molecule has 0 amide bonds. The molecular formula is C14H12ClNO3S. The molecule has 1 aromatic heterocycles. The quantitative estimate of drug-likeness (QED) is 0.534. The number of esters is 1. The fourth-order valence-corrected chi connectivity index (χ4v) is 2.77. The second-order valence-corrected chi connectivity index (χ2v) is 5.44. The van der Waals surface area contributed by atoms with Crippen molar-refractivity contribution in [1.82, 2.24) is 0 Å². The van der Waals surface area contributed by atoms with Gasteiger partial charge in [-0.3, -0.25) is 4.79 Å². The predicted octanol–water partition coefficient (Wildman–Crippen LogP) is 3.40. The van der Waals surface area contributed by atoms with Crippen molar-refractivity contribution in [2.75, 3.05) is 12.3 Å². The predicted molar refractivity (Wildman–Crippen MR) is 80.1 cm³/mol. The number of nitrogen functional groups attached to an aromatic ring is 1. The monoisotopic (exact) mass is 309 g/mol. The standard InChI is InChI=1S/C14H12ClNO3S/c1-2-19-14(18)12(17)13-10(16)7-11(20-13)8-3-5-9(15)6-4-8/h3-7H,2,16H2,1H3. The van der Waals surface area contributed by atoms with Crippen LogP contribution < -0.4 is 5.73 Å². The van der Waals surface area contributed by atoms with Crippen LogP contribution >= 0.6 is 22.9 Å². The minimum Gasteiger partial charge on any atom is -0.460 e. The number of benzene rings is 1. The van der Waals surface area contributed by atoms with Gasteiger partial charge in [0.1, 0.15) is 4.88 Å². The Labute approximate surface area is 125 Å². The number of halogens is 1. The normalized spacial score (nSPS) is 10.3. The lowest BCUT2D eigenvalue weighted by atomic mass is 10.2. The lowest BCUT2D eigenvalue weighted by Crippen LogP contribution is -2.17. The second kappa shape index (κ2) is 6.07. The summed E-state index contributed by atoms with van der Waals surface area (Å²) in [5.41, 5.74) is 6.96. The topological polar surface area (TPSA) is 69.4 Å². The van der Waals surface area contributed by atoms with Crippen molar-refractivity contribution < 1.29 is 14.3 Å². The molecule has 0 bridgehead atoms. The van der Waals surface area contributed by atoms with Crippen molar-refractivity contribution in [3.8, 4) is 10.4 Å². The Bertz CT molecular complexity index is 649. The summed E-state index contributed by atoms with van der Waals surface area (Å²) in [5, 5.41) is 0.626. The van der Waals surface area contributed by atoms with Crippen LogP contribution in [-0.2, 0) is 9.53 Å². The number of ether oxygens (including phenoxy) is 1. The van der Waals surface area contributed by atoms with Gasteiger partial charge >= 0.3 is 5.97 Å². The van der Waals surface area contributed by atoms with Gasteiger partial charge in [0.15, 0.2) is 0 Å². The van der Waals surface area contributed by atoms with Gasteiger partial charge in [0, 0.05) is 9.90 Å². The second-order valence-electron chi connectivity index (χ2n) is 3.95. The third kappa shape index (κ3) is 3.00. The SMILES string of the molecule is CCOC(=O)C(=O)c1sc(-c2ccc(Cl)cc2)cc1N. The zero-order valence-electron chi connectivity index (χ0n) is 10.7. The molecule has 0 aliphatic rings. The number of hydrogen-bond acceptors (Lipinski definition) is 5. The van der Waals surface area contributed by atoms with Crippen molar-refractivity contribution in [2.24, 2.45) is 0 Å². The van der Waals surface area contributed by atoms with Gasteiger partial charge in [0.2, 0.25) is 0 Å². The molecule has 0 aliphatic heterocycles. The average Bonchev–Trinajstić information content (AvgIpc) is 2.81. The van der Waals surface area contributed by atoms with Gasteiger partial charge in [-0.1, -0.05) is 23.7 Å². The number of anilines is 1. The number of carbonyl (C=O) groups is 2. The lowest BCUT2D eigenvalue weighted by molar-refractivity contribution is -0.137. The summed E-state index contributed by atoms with van der Waals surface area (Å²) in [6, 6.07) is 8.82. The highest BCUT2D eigenvalue weighted by Crippen LogP contribution is 2.34. The molecule has 2 N–H and O–H groups in total. The third-order valence-corrected chi connectivity index (χ3v) is 4.01. The molecule has 0 aliphatic carbocycles. The molecule has 0 saturated heterocycles. The molecule has 0 radical (unpaired) electrons. The zero-order chi connectivity index (χ0) is 14.7. The van der Waals surface area contributed by atoms with E-state index in [1.807, 2.05) is 12.1 Å². The number of rotatable bonds is 4. The Morgan fingerprint density at radius 3 is 2.55 bits per heavy atom. The molecule has 2 aromatic rings. The summed E-state index contributed by atoms with van der Waals surface area (Å²) in [4.78, 5) is 24.3. The van der Waals surface area contributed by atoms with Gasteiger partial charge in [-0.15, -0.1) is 11.3 Å². The van der Waals surface area contributed by atoms with Crippen molar-refractivity contribution in [3.05, 3.63) is 40.2 Å². The minimum atomic E-state index is -0.885. The molecule has 4 nitrogen and oxygen atoms in total. The van der Waals surface area contributed by atoms with E-state index in [1.54, 1.807) is 25.1 Å². The summed E-state index contributed by atoms with van der Waals surface area (Å²) in [6.07, 6.45) is 0. The van der Waals surface area contributed by atoms with Crippen LogP contribution in [0.15, 0.2) is 30.3 Å². The van der Waals surface area contributed by atoms with Crippen molar-refractivity contribution in [2.45, 2.75) is 6.92 Å². The molecule has 20 heavy (non-hydrogen) atoms. The van der Waals surface area contributed by atoms with Gasteiger partial charge < -0.3 is 10.5 Å². The molecule has 0 saturated carbocycles. The van der Waals surface area contributed by atoms with Crippen LogP contribution in [0.25, 0.3) is 10.4 Å². The van der Waals surface area contributed by atoms with Gasteiger partial charge in [0.05, 0.1) is 12.3 Å². The van der Waals surface area contributed by atoms with E-state index < -0.39 is 11.8 Å². The maximum absolute atomic E-state index is 11.9. The minimum absolute atomic E-state index is 0.153. The Balaban J connectivity index is 2.32. The molecule has 2 rings (SSSR count). The molecule has 0 atom stereocenters. The Morgan fingerprint density at radius 2 is 1.95 bits per heavy atom. The summed E-state index contributed by atoms with van der Waals surface area (Å²) in [6.45, 7) is 1.79. The van der Waals surface area contributed by atoms with Crippen molar-refractivity contribution >= 4 is 40.4 Å². The lowest BCUT2D eigenvalue weighted by Gasteiger charge is -1.99. The first-order chi connectivity index (χ1) is 9.52. The van der Waals surface area contributed by atoms with Crippen molar-refractivity contribution in [3.63, 3.8) is 0 Å². The average molecular weight is 310 g/mol. The van der Waals surface area contributed by atoms with E-state index in [1.165, 1.54) is 0 Å². The van der Waals surface area contributed by atoms with Crippen LogP contribution in [0.3, 0.4) is 0 Å². The number of thiophene rings is 1. The first-order valence-corrected chi connectivity index (χ1v) is 7.09. The number of ketones is 1. The van der Waals surface area contributed by atoms with E-state index in [0.29, 0.717) is 5.02 Å². The van der Waals surface area contributed by atoms with Gasteiger partial charge in [-0.05, 0) is 30.7 Å². The highest BCUT2D eigenvalue weighted by atomic mass is 35.5. The summed E-state index contributed by atoms with van der Waals surface area (Å²) in [5.74, 6) is -1.60. The van der Waals surface area contributed by atoms with E-state index in [-0.39, 0.29) is 17.2 Å². The van der Waals surface area contributed by atoms with Crippen LogP contribution in [0, 0.1) is 0 Å². The molecule has 0 fully saturated rings. The Hall–Kier alpha value is -1.85. The zero-order valence-corrected chi connectivity index (χ0v) is 12.3. The van der Waals surface area contributed by atoms with Gasteiger partial charge in [-0.2, -0.15) is 0 Å². The first-order valence-electron chi connectivity index (χ1n) is 5.89. The summed E-state index contributed by atoms with van der Waals surface area (Å²) < 4.78 is 4.69. The fraction of sp³-hybridized carbons (Fsp3) is 0.143. The Morgan fingerprint density at radius 1 is 1.30 bits per heavy atom.